The molecule has 0 spiro atoms. The number of benzene rings is 16. The predicted octanol–water partition coefficient (Wildman–Crippen LogP) is 20.7. The highest BCUT2D eigenvalue weighted by Crippen LogP contribution is 2.47. The third kappa shape index (κ3) is 19.7. The van der Waals surface area contributed by atoms with Gasteiger partial charge in [0.05, 0.1) is 6.61 Å². The monoisotopic (exact) mass is 1680 g/mol. The molecular weight excluding hydrogens is 1580 g/mol. The van der Waals surface area contributed by atoms with Gasteiger partial charge in [0.15, 0.2) is 5.60 Å². The number of hydrogen-bond acceptors (Lipinski definition) is 10. The molecule has 0 aromatic heterocycles. The Morgan fingerprint density at radius 2 is 0.383 bits per heavy atom. The van der Waals surface area contributed by atoms with Crippen molar-refractivity contribution in [2.45, 2.75) is 100.0 Å². The van der Waals surface area contributed by atoms with E-state index in [0.717, 1.165) is 89.0 Å². The Hall–Kier alpha value is -14.3. The van der Waals surface area contributed by atoms with Crippen molar-refractivity contribution in [2.24, 2.45) is 0 Å². The van der Waals surface area contributed by atoms with Crippen LogP contribution in [-0.4, -0.2) is 84.0 Å². The highest BCUT2D eigenvalue weighted by atomic mass is 16.4. The fourth-order valence-corrected chi connectivity index (χ4v) is 18.3. The zero-order chi connectivity index (χ0) is 88.4. The third-order valence-electron chi connectivity index (χ3n) is 24.9. The molecule has 16 aromatic carbocycles. The van der Waals surface area contributed by atoms with E-state index >= 15 is 39.3 Å². The van der Waals surface area contributed by atoms with Gasteiger partial charge >= 0.3 is 0 Å². The Kier molecular flexibility index (Phi) is 27.5. The summed E-state index contributed by atoms with van der Waals surface area (Å²) in [4.78, 5) is 90.6. The van der Waals surface area contributed by atoms with Crippen molar-refractivity contribution >= 4 is 28.9 Å². The first-order valence-electron chi connectivity index (χ1n) is 43.7. The smallest absolute Gasteiger partial charge is 0.246 e. The van der Waals surface area contributed by atoms with Crippen molar-refractivity contribution in [1.29, 1.82) is 0 Å². The first kappa shape index (κ1) is 87.2. The molecule has 0 aliphatic rings. The van der Waals surface area contributed by atoms with Gasteiger partial charge in [-0.05, 0) is 259 Å². The number of rotatable bonds is 37. The zero-order valence-corrected chi connectivity index (χ0v) is 71.3. The van der Waals surface area contributed by atoms with Crippen LogP contribution in [0.5, 0.6) is 0 Å². The number of aliphatic hydroxyl groups is 5. The molecule has 10 nitrogen and oxygen atoms in total. The summed E-state index contributed by atoms with van der Waals surface area (Å²) in [5.41, 5.74) is 1.20. The lowest BCUT2D eigenvalue weighted by atomic mass is 9.58. The predicted molar refractivity (Wildman–Crippen MR) is 507 cm³/mol. The minimum absolute atomic E-state index is 0.109. The normalized spacial score (nSPS) is 13.0. The van der Waals surface area contributed by atoms with Crippen LogP contribution in [0.2, 0.25) is 0 Å². The van der Waals surface area contributed by atoms with E-state index in [1.165, 1.54) is 48.5 Å². The fraction of sp³-hybridized carbons (Fsp3) is 0.144. The van der Waals surface area contributed by atoms with E-state index in [1.54, 1.807) is 0 Å². The Balaban J connectivity index is 1.03. The summed E-state index contributed by atoms with van der Waals surface area (Å²) in [5.74, 6) is -9.08. The Morgan fingerprint density at radius 1 is 0.219 bits per heavy atom. The largest absolute Gasteiger partial charge is 0.394 e. The zero-order valence-electron chi connectivity index (χ0n) is 71.3. The van der Waals surface area contributed by atoms with Crippen molar-refractivity contribution in [3.8, 4) is 0 Å². The van der Waals surface area contributed by atoms with E-state index in [2.05, 4.69) is 0 Å². The Labute approximate surface area is 748 Å². The van der Waals surface area contributed by atoms with Crippen molar-refractivity contribution in [3.05, 3.63) is 568 Å². The second-order valence-electron chi connectivity index (χ2n) is 33.6. The highest BCUT2D eigenvalue weighted by Gasteiger charge is 2.78. The quantitative estimate of drug-likeness (QED) is 0.0143. The number of hydrogen-bond donors (Lipinski definition) is 5. The summed E-state index contributed by atoms with van der Waals surface area (Å²) in [6.45, 7) is -1.66. The van der Waals surface area contributed by atoms with E-state index in [1.807, 2.05) is 364 Å². The van der Waals surface area contributed by atoms with Gasteiger partial charge in [-0.2, -0.15) is 0 Å². The summed E-state index contributed by atoms with van der Waals surface area (Å²) < 4.78 is 0. The lowest BCUT2D eigenvalue weighted by Crippen LogP contribution is -2.82. The standard InChI is InChI=1S/C118H100O10/c119-81-110(120)116(126,112(122)103-75-96(63-84-41-17-3-18-42-84)107(70-91-55-31-10-32-56-91)97(76-103)64-85-43-19-4-20-44-85)118(128,114(124)105-79-100(67-88-49-25-7-26-50-88)109(72-93-59-35-12-36-60-93)101(80-105)68-89-51-27-8-28-52-89)117(127,113(123)104-77-98(65-86-45-21-5-22-46-86)108(71-92-57-33-11-34-58-92)99(78-104)66-87-47-23-6-24-48-87)115(125)111(121)102-73-94(61-82-37-13-1-14-38-82)106(69-90-53-29-9-30-54-90)95(74-102)62-83-39-15-2-16-40-83/h1-60,73-80,110,119-120,126-128H,61-72,81H2/t110-,116+,117+,118+/m1/s1. The summed E-state index contributed by atoms with van der Waals surface area (Å²) in [7, 11) is 0. The number of aliphatic hydroxyl groups excluding tert-OH is 2. The maximum absolute atomic E-state index is 18.5. The maximum atomic E-state index is 18.5. The molecular formula is C118H100O10. The average molecular weight is 1680 g/mol. The second kappa shape index (κ2) is 40.3. The van der Waals surface area contributed by atoms with Gasteiger partial charge in [-0.15, -0.1) is 0 Å². The fourth-order valence-electron chi connectivity index (χ4n) is 18.3. The van der Waals surface area contributed by atoms with E-state index in [-0.39, 0.29) is 69.8 Å². The van der Waals surface area contributed by atoms with Gasteiger partial charge in [0.1, 0.15) is 6.10 Å². The van der Waals surface area contributed by atoms with Crippen LogP contribution in [0.4, 0.5) is 0 Å². The number of ketones is 5. The molecule has 10 heteroatoms. The maximum Gasteiger partial charge on any atom is 0.246 e. The van der Waals surface area contributed by atoms with Gasteiger partial charge in [-0.3, -0.25) is 24.0 Å². The van der Waals surface area contributed by atoms with Crippen molar-refractivity contribution in [1.82, 2.24) is 0 Å². The van der Waals surface area contributed by atoms with Crippen LogP contribution in [0.25, 0.3) is 0 Å². The second-order valence-corrected chi connectivity index (χ2v) is 33.6. The molecule has 16 aromatic rings. The van der Waals surface area contributed by atoms with E-state index in [9.17, 15) is 10.2 Å². The molecule has 632 valence electrons. The van der Waals surface area contributed by atoms with Crippen LogP contribution in [-0.2, 0) is 81.8 Å². The molecule has 0 fully saturated rings. The first-order valence-corrected chi connectivity index (χ1v) is 43.7. The van der Waals surface area contributed by atoms with E-state index < -0.39 is 75.1 Å². The molecule has 4 atom stereocenters. The van der Waals surface area contributed by atoms with Gasteiger partial charge in [0.2, 0.25) is 40.1 Å². The highest BCUT2D eigenvalue weighted by molar-refractivity contribution is 6.52. The summed E-state index contributed by atoms with van der Waals surface area (Å²) >= 11 is 0. The third-order valence-corrected chi connectivity index (χ3v) is 24.9. The molecule has 0 aliphatic carbocycles. The summed E-state index contributed by atoms with van der Waals surface area (Å²) in [6, 6.07) is 127. The molecule has 0 unspecified atom stereocenters. The number of carbonyl (C=O) groups is 5. The van der Waals surface area contributed by atoms with Gasteiger partial charge in [-0.1, -0.05) is 364 Å². The summed E-state index contributed by atoms with van der Waals surface area (Å²) in [6.07, 6.45) is -0.755. The van der Waals surface area contributed by atoms with Gasteiger partial charge in [0.25, 0.3) is 0 Å². The first-order chi connectivity index (χ1) is 62.5. The molecule has 0 amide bonds. The van der Waals surface area contributed by atoms with Crippen molar-refractivity contribution in [3.63, 3.8) is 0 Å². The van der Waals surface area contributed by atoms with Gasteiger partial charge < -0.3 is 25.5 Å². The minimum Gasteiger partial charge on any atom is -0.394 e. The SMILES string of the molecule is O=C(C(=O)[C@@](O)(C(=O)c1cc(Cc2ccccc2)c(Cc2ccccc2)c(Cc2ccccc2)c1)[C@](O)(C(=O)c1cc(Cc2ccccc2)c(Cc2ccccc2)c(Cc2ccccc2)c1)[C@@](O)(C(=O)c1cc(Cc2ccccc2)c(Cc2ccccc2)c(Cc2ccccc2)c1)[C@H](O)CO)c1cc(Cc2ccccc2)c(Cc2ccccc2)c(Cc2ccccc2)c1. The molecule has 0 saturated carbocycles. The number of carbonyl (C=O) groups excluding carboxylic acids is 5. The summed E-state index contributed by atoms with van der Waals surface area (Å²) in [5, 5.41) is 73.3. The molecule has 0 saturated heterocycles. The lowest BCUT2D eigenvalue weighted by Gasteiger charge is -2.49. The number of Topliss-reactive ketones (excluding diaryl/α,β-unsaturated/α-hetero) is 5. The van der Waals surface area contributed by atoms with Crippen LogP contribution >= 0.6 is 0 Å². The van der Waals surface area contributed by atoms with E-state index in [0.29, 0.717) is 57.3 Å². The lowest BCUT2D eigenvalue weighted by molar-refractivity contribution is -0.212. The molecule has 5 N–H and O–H groups in total. The van der Waals surface area contributed by atoms with Crippen LogP contribution in [0, 0.1) is 0 Å². The van der Waals surface area contributed by atoms with Crippen molar-refractivity contribution < 1.29 is 49.5 Å². The van der Waals surface area contributed by atoms with Gasteiger partial charge in [-0.25, -0.2) is 0 Å². The molecule has 128 heavy (non-hydrogen) atoms. The van der Waals surface area contributed by atoms with Crippen LogP contribution in [0.15, 0.2) is 413 Å². The minimum atomic E-state index is -4.81. The molecule has 0 bridgehead atoms. The van der Waals surface area contributed by atoms with E-state index in [4.69, 9.17) is 0 Å². The molecule has 0 aliphatic heterocycles. The van der Waals surface area contributed by atoms with Gasteiger partial charge in [0, 0.05) is 22.3 Å². The van der Waals surface area contributed by atoms with Crippen LogP contribution in [0.3, 0.4) is 0 Å². The Morgan fingerprint density at radius 3 is 0.570 bits per heavy atom. The van der Waals surface area contributed by atoms with Crippen LogP contribution in [0.1, 0.15) is 175 Å². The molecule has 0 heterocycles. The van der Waals surface area contributed by atoms with Crippen LogP contribution < -0.4 is 0 Å². The molecule has 16 rings (SSSR count). The molecule has 0 radical (unpaired) electrons. The van der Waals surface area contributed by atoms with Crippen molar-refractivity contribution in [2.75, 3.05) is 6.61 Å². The average Bonchev–Trinajstić information content (AvgIpc) is 0.685. The Bertz CT molecular complexity index is 6270. The topological polar surface area (TPSA) is 186 Å².